The first kappa shape index (κ1) is 69.2. The van der Waals surface area contributed by atoms with E-state index in [0.29, 0.717) is 53.9 Å². The van der Waals surface area contributed by atoms with Crippen molar-refractivity contribution in [2.45, 2.75) is 98.0 Å². The molecule has 1 aliphatic rings. The van der Waals surface area contributed by atoms with Crippen LogP contribution in [0.25, 0.3) is 34.9 Å². The quantitative estimate of drug-likeness (QED) is 0.0145. The molecule has 0 saturated carbocycles. The number of aromatic nitrogens is 14. The predicted octanol–water partition coefficient (Wildman–Crippen LogP) is -11.8. The second kappa shape index (κ2) is 51.7. The van der Waals surface area contributed by atoms with Gasteiger partial charge in [0.25, 0.3) is 30.1 Å². The summed E-state index contributed by atoms with van der Waals surface area (Å²) >= 11 is 5.37. The molecule has 0 amide bonds. The molecule has 89 heavy (non-hydrogen) atoms. The van der Waals surface area contributed by atoms with E-state index in [9.17, 15) is 61.5 Å². The van der Waals surface area contributed by atoms with E-state index in [-0.39, 0.29) is 291 Å². The number of aliphatic imine (C=N–C) groups is 1. The Morgan fingerprint density at radius 3 is 1.58 bits per heavy atom. The largest absolute Gasteiger partial charge is 1.00 e. The summed E-state index contributed by atoms with van der Waals surface area (Å²) in [5.74, 6) is 0.792. The van der Waals surface area contributed by atoms with Crippen molar-refractivity contribution >= 4 is 87.4 Å². The summed E-state index contributed by atoms with van der Waals surface area (Å²) in [7, 11) is 6.47. The minimum Gasteiger partial charge on any atom is -1.00 e. The SMILES string of the molecule is CC(=O)CCCCCl.Cn1c2c(c(=O)[nH]c1=O)CC=N2.O=CO[O-].[2H]C([2H])([2H])n1cnc2c1c(=O)[nH]c(=O)n2C.[2H]C([2H])([2H])n1cnc2c1c(=O)n(CCCCC(C)=O)c(=O)n2C.[2H]CF.[2H]OOC=O.[2H]c1nc2c(c(=O)n(CCCC([2H])([2H])C(C)=O)c(=O)n2C)n1C([2H])([2H])[2H].[CH2-]F.[H-].[K+].[K+].[K+].[K+]. The Bertz CT molecular complexity index is 4440. The number of ketones is 3. The summed E-state index contributed by atoms with van der Waals surface area (Å²) in [6.45, 7) is -3.92. The Kier molecular flexibility index (Phi) is 40.2. The number of aromatic amines is 2. The van der Waals surface area contributed by atoms with Gasteiger partial charge in [0.05, 0.1) is 33.0 Å². The molecule has 32 nitrogen and oxygen atoms in total. The van der Waals surface area contributed by atoms with Gasteiger partial charge < -0.3 is 48.9 Å². The number of nitrogens with one attached hydrogen (secondary N) is 2. The fraction of sp³-hybridized carbons (Fsp3) is 0.480. The van der Waals surface area contributed by atoms with Crippen LogP contribution in [0, 0.1) is 7.18 Å². The van der Waals surface area contributed by atoms with Crippen molar-refractivity contribution in [3.05, 3.63) is 115 Å². The molecule has 8 rings (SSSR count). The van der Waals surface area contributed by atoms with Gasteiger partial charge in [-0.3, -0.25) is 70.5 Å². The number of aryl methyl sites for hydroxylation is 6. The maximum absolute atomic E-state index is 12.7. The number of halogens is 3. The summed E-state index contributed by atoms with van der Waals surface area (Å²) in [5, 5.41) is 11.5. The molecule has 0 radical (unpaired) electrons. The summed E-state index contributed by atoms with van der Waals surface area (Å²) in [4.78, 5) is 170. The van der Waals surface area contributed by atoms with E-state index in [2.05, 4.69) is 40.0 Å². The number of fused-ring (bicyclic) bond motifs is 4. The molecule has 0 saturated heterocycles. The number of imidazole rings is 3. The van der Waals surface area contributed by atoms with Gasteiger partial charge in [0.2, 0.25) is 0 Å². The molecule has 3 N–H and O–H groups in total. The molecule has 1 aliphatic heterocycles. The van der Waals surface area contributed by atoms with Crippen LogP contribution in [0.2, 0.25) is 0 Å². The van der Waals surface area contributed by atoms with Crippen molar-refractivity contribution in [2.24, 2.45) is 54.1 Å². The number of hydrogen-bond donors (Lipinski definition) is 3. The van der Waals surface area contributed by atoms with Crippen LogP contribution in [-0.2, 0) is 102 Å². The number of nitrogens with zero attached hydrogens (tertiary/aromatic N) is 13. The van der Waals surface area contributed by atoms with Gasteiger partial charge in [0.1, 0.15) is 24.5 Å². The number of alkyl halides is 2. The van der Waals surface area contributed by atoms with Crippen molar-refractivity contribution in [2.75, 3.05) is 13.0 Å². The third-order valence-corrected chi connectivity index (χ3v) is 11.1. The first-order chi connectivity index (χ1) is 46.0. The van der Waals surface area contributed by atoms with Crippen LogP contribution in [0.15, 0.2) is 62.3 Å². The molecule has 472 valence electrons. The smallest absolute Gasteiger partial charge is 1.00 e. The van der Waals surface area contributed by atoms with E-state index >= 15 is 0 Å². The molecule has 0 aliphatic carbocycles. The van der Waals surface area contributed by atoms with Gasteiger partial charge in [0.15, 0.2) is 33.5 Å². The Morgan fingerprint density at radius 2 is 1.15 bits per heavy atom. The number of Topliss-reactive ketones (excluding diaryl/α,β-unsaturated/α-hetero) is 3. The average molecular weight is 1400 g/mol. The number of H-pyrrole nitrogens is 2. The van der Waals surface area contributed by atoms with Crippen molar-refractivity contribution in [3.8, 4) is 0 Å². The minimum atomic E-state index is -2.83. The van der Waals surface area contributed by atoms with Crippen molar-refractivity contribution < 1.29 is 278 Å². The summed E-state index contributed by atoms with van der Waals surface area (Å²) in [6, 6.07) is 0. The van der Waals surface area contributed by atoms with E-state index in [1.54, 1.807) is 27.4 Å². The van der Waals surface area contributed by atoms with Crippen LogP contribution in [0.3, 0.4) is 0 Å². The summed E-state index contributed by atoms with van der Waals surface area (Å²) in [5.41, 5.74) is -5.28. The zero-order chi connectivity index (χ0) is 76.8. The van der Waals surface area contributed by atoms with Gasteiger partial charge in [-0.2, -0.15) is 7.18 Å². The van der Waals surface area contributed by atoms with Gasteiger partial charge in [-0.25, -0.2) is 44.4 Å². The molecule has 0 fully saturated rings. The van der Waals surface area contributed by atoms with Crippen molar-refractivity contribution in [3.63, 3.8) is 0 Å². The van der Waals surface area contributed by atoms with Crippen LogP contribution in [-0.4, -0.2) is 121 Å². The number of carbonyl (C=O) groups is 5. The molecule has 0 bridgehead atoms. The Balaban J connectivity index is -0.000000282. The summed E-state index contributed by atoms with van der Waals surface area (Å²) in [6.07, 6.45) is 5.27. The maximum Gasteiger partial charge on any atom is 1.00 e. The predicted molar refractivity (Wildman–Crippen MR) is 307 cm³/mol. The standard InChI is InChI=1S/2C13H18N4O3.C7H8N4O2.C7H7N3O2.C6H11ClO.CH3F.CH2F.2CH2O3.4K.H/c2*1-9(18)6-4-5-7-17-12(19)10-11(14-8-15(10)2)16(3)13(17)20;1-10-3-8-5-4(10)6(12)9-7(13)11(5)2;1-10-5-4(2-3-8-5)6(11)9-7(10)12;1-6(8)4-2-3-5-7;2*1-2;2*2-1-4-3;;;;;/h2*8H,4-7H2,1-3H3;3H,1-2H3,(H,9,12,13);3H,2H2,1H3,(H,9,11,12);2-5H2,1H3;1H3;1H2;2*1,3H;;;;;/q;;;;;;-1;;;4*+1;-1/p-1/i2D3,6D2,8D;2D3;1D3;;;1D;;;;;;;;/hD. The van der Waals surface area contributed by atoms with Gasteiger partial charge in [-0.1, -0.05) is 0 Å². The zero-order valence-electron chi connectivity index (χ0n) is 65.7. The molecule has 0 atom stereocenters. The molecular weight excluding hydrogens is 1310 g/mol. The number of unbranched alkanes of at least 4 members (excludes halogenated alkanes) is 2. The van der Waals surface area contributed by atoms with Crippen molar-refractivity contribution in [1.29, 1.82) is 1.43 Å². The molecule has 0 aromatic carbocycles. The fourth-order valence-corrected chi connectivity index (χ4v) is 7.04. The minimum absolute atomic E-state index is 0. The second-order valence-electron chi connectivity index (χ2n) is 16.6. The van der Waals surface area contributed by atoms with Crippen LogP contribution in [0.4, 0.5) is 14.6 Å². The van der Waals surface area contributed by atoms with Gasteiger partial charge in [-0.15, -0.1) is 11.6 Å². The summed E-state index contributed by atoms with van der Waals surface area (Å²) < 4.78 is 128. The van der Waals surface area contributed by atoms with Crippen LogP contribution in [0.1, 0.15) is 103 Å². The molecule has 0 spiro atoms. The van der Waals surface area contributed by atoms with E-state index < -0.39 is 91.5 Å². The fourth-order valence-electron chi connectivity index (χ4n) is 6.85. The van der Waals surface area contributed by atoms with Crippen LogP contribution < -0.4 is 256 Å². The molecule has 0 unspecified atom stereocenters. The van der Waals surface area contributed by atoms with E-state index in [4.69, 9.17) is 45.7 Å². The topological polar surface area (TPSA) is 411 Å². The van der Waals surface area contributed by atoms with E-state index in [0.717, 1.165) is 64.4 Å². The van der Waals surface area contributed by atoms with Crippen LogP contribution in [0.5, 0.6) is 0 Å². The van der Waals surface area contributed by atoms with Gasteiger partial charge in [-0.05, 0) is 59.3 Å². The molecular formula is C50H71ClF2K4N15O17+. The third-order valence-electron chi connectivity index (χ3n) is 10.8. The molecule has 39 heteroatoms. The number of carbonyl (C=O) groups excluding carboxylic acids is 5. The average Bonchev–Trinajstić information content (AvgIpc) is 1.58. The first-order valence-electron chi connectivity index (χ1n) is 31.1. The Hall–Kier alpha value is -2.63. The first-order valence-corrected chi connectivity index (χ1v) is 24.5. The third kappa shape index (κ3) is 30.5. The van der Waals surface area contributed by atoms with Crippen LogP contribution >= 0.6 is 11.6 Å². The second-order valence-corrected chi connectivity index (χ2v) is 17.0. The Morgan fingerprint density at radius 1 is 0.708 bits per heavy atom. The van der Waals surface area contributed by atoms with Gasteiger partial charge >= 0.3 is 235 Å². The van der Waals surface area contributed by atoms with E-state index in [1.807, 2.05) is 4.98 Å². The number of hydrogen-bond acceptors (Lipinski definition) is 21. The normalized spacial score (nSPS) is 12.7. The monoisotopic (exact) mass is 1400 g/mol. The maximum atomic E-state index is 12.7. The van der Waals surface area contributed by atoms with E-state index in [1.165, 1.54) is 32.6 Å². The van der Waals surface area contributed by atoms with Crippen molar-refractivity contribution in [1.82, 2.24) is 66.0 Å². The zero-order valence-corrected chi connectivity index (χ0v) is 63.9. The molecule has 7 aromatic rings. The molecule has 7 aromatic heterocycles. The Labute approximate surface area is 702 Å². The molecule has 8 heterocycles. The van der Waals surface area contributed by atoms with Gasteiger partial charge in [0, 0.05) is 115 Å². The number of rotatable bonds is 17.